The van der Waals surface area contributed by atoms with Gasteiger partial charge in [-0.1, -0.05) is 18.2 Å². The number of ether oxygens (including phenoxy) is 1. The van der Waals surface area contributed by atoms with E-state index in [0.717, 1.165) is 35.0 Å². The fraction of sp³-hybridized carbons (Fsp3) is 0. The first-order chi connectivity index (χ1) is 16.1. The molecule has 10 heteroatoms. The first-order valence-corrected chi connectivity index (χ1v) is 11.3. The molecular weight excluding hydrogens is 461 g/mol. The molecule has 0 fully saturated rings. The lowest BCUT2D eigenvalue weighted by Crippen LogP contribution is -2.13. The molecule has 0 aliphatic carbocycles. The molecule has 0 aromatic heterocycles. The van der Waals surface area contributed by atoms with Gasteiger partial charge < -0.3 is 15.6 Å². The van der Waals surface area contributed by atoms with Gasteiger partial charge in [-0.05, 0) is 65.4 Å². The highest BCUT2D eigenvalue weighted by molar-refractivity contribution is 7.92. The number of halogens is 1. The number of anilines is 1. The maximum atomic E-state index is 13.1. The molecule has 0 amide bonds. The predicted molar refractivity (Wildman–Crippen MR) is 126 cm³/mol. The third-order valence-corrected chi connectivity index (χ3v) is 6.34. The van der Waals surface area contributed by atoms with E-state index in [1.165, 1.54) is 18.2 Å². The van der Waals surface area contributed by atoms with E-state index < -0.39 is 21.8 Å². The van der Waals surface area contributed by atoms with E-state index in [4.69, 9.17) is 15.9 Å². The van der Waals surface area contributed by atoms with Crippen LogP contribution in [-0.4, -0.2) is 25.3 Å². The van der Waals surface area contributed by atoms with Crippen molar-refractivity contribution in [3.63, 3.8) is 0 Å². The zero-order valence-electron chi connectivity index (χ0n) is 17.4. The van der Waals surface area contributed by atoms with E-state index in [0.29, 0.717) is 11.3 Å². The number of sulfonamides is 1. The molecule has 34 heavy (non-hydrogen) atoms. The third-order valence-electron chi connectivity index (χ3n) is 4.94. The maximum Gasteiger partial charge on any atom is 0.339 e. The lowest BCUT2D eigenvalue weighted by Gasteiger charge is -2.13. The van der Waals surface area contributed by atoms with Gasteiger partial charge >= 0.3 is 5.97 Å². The van der Waals surface area contributed by atoms with Crippen LogP contribution in [0.1, 0.15) is 15.9 Å². The fourth-order valence-electron chi connectivity index (χ4n) is 3.26. The summed E-state index contributed by atoms with van der Waals surface area (Å²) < 4.78 is 46.5. The molecule has 0 saturated heterocycles. The minimum Gasteiger partial charge on any atom is -0.478 e. The van der Waals surface area contributed by atoms with Crippen molar-refractivity contribution in [2.45, 2.75) is 4.90 Å². The standard InChI is InChI=1S/C24H18FN3O5S/c25-17-4-8-20(9-5-17)34(31,32)28-18-6-10-21(24(29)30)22(13-18)33-19-7-3-14-11-16(23(26)27)2-1-15(14)12-19/h1-13,28H,(H3,26,27)(H,29,30). The Morgan fingerprint density at radius 2 is 1.62 bits per heavy atom. The first-order valence-electron chi connectivity index (χ1n) is 9.84. The summed E-state index contributed by atoms with van der Waals surface area (Å²) in [4.78, 5) is 11.5. The van der Waals surface area contributed by atoms with Crippen LogP contribution in [-0.2, 0) is 10.0 Å². The molecule has 4 aromatic rings. The quantitative estimate of drug-likeness (QED) is 0.226. The Balaban J connectivity index is 1.66. The summed E-state index contributed by atoms with van der Waals surface area (Å²) in [6.07, 6.45) is 0. The number of nitrogen functional groups attached to an aromatic ring is 1. The number of hydrogen-bond donors (Lipinski definition) is 4. The van der Waals surface area contributed by atoms with Gasteiger partial charge in [-0.3, -0.25) is 10.1 Å². The Morgan fingerprint density at radius 1 is 0.941 bits per heavy atom. The Labute approximate surface area is 194 Å². The number of fused-ring (bicyclic) bond motifs is 1. The van der Waals surface area contributed by atoms with Crippen molar-refractivity contribution >= 4 is 38.3 Å². The second-order valence-corrected chi connectivity index (χ2v) is 9.00. The van der Waals surface area contributed by atoms with E-state index in [1.807, 2.05) is 0 Å². The van der Waals surface area contributed by atoms with Crippen LogP contribution in [0.4, 0.5) is 10.1 Å². The first kappa shape index (κ1) is 22.7. The van der Waals surface area contributed by atoms with Gasteiger partial charge in [0.25, 0.3) is 10.0 Å². The molecule has 172 valence electrons. The molecule has 0 aliphatic rings. The van der Waals surface area contributed by atoms with E-state index >= 15 is 0 Å². The highest BCUT2D eigenvalue weighted by Crippen LogP contribution is 2.31. The number of carboxylic acids is 1. The second-order valence-electron chi connectivity index (χ2n) is 7.31. The number of hydrogen-bond acceptors (Lipinski definition) is 5. The minimum atomic E-state index is -4.04. The minimum absolute atomic E-state index is 0.0618. The number of aromatic carboxylic acids is 1. The summed E-state index contributed by atoms with van der Waals surface area (Å²) in [5.74, 6) is -1.65. The summed E-state index contributed by atoms with van der Waals surface area (Å²) in [6.45, 7) is 0. The number of nitrogens with one attached hydrogen (secondary N) is 2. The smallest absolute Gasteiger partial charge is 0.339 e. The Morgan fingerprint density at radius 3 is 2.29 bits per heavy atom. The van der Waals surface area contributed by atoms with Crippen molar-refractivity contribution in [3.05, 3.63) is 95.8 Å². The Bertz CT molecular complexity index is 1540. The van der Waals surface area contributed by atoms with Crippen LogP contribution in [0.25, 0.3) is 10.8 Å². The summed E-state index contributed by atoms with van der Waals surface area (Å²) in [7, 11) is -4.04. The van der Waals surface area contributed by atoms with E-state index in [2.05, 4.69) is 4.72 Å². The number of nitrogens with two attached hydrogens (primary N) is 1. The van der Waals surface area contributed by atoms with Crippen LogP contribution in [0.15, 0.2) is 83.8 Å². The van der Waals surface area contributed by atoms with Gasteiger partial charge in [-0.15, -0.1) is 0 Å². The predicted octanol–water partition coefficient (Wildman–Crippen LogP) is 4.55. The molecule has 0 spiro atoms. The molecule has 4 rings (SSSR count). The van der Waals surface area contributed by atoms with Gasteiger partial charge in [0.05, 0.1) is 10.6 Å². The monoisotopic (exact) mass is 479 g/mol. The van der Waals surface area contributed by atoms with Crippen LogP contribution in [0.3, 0.4) is 0 Å². The molecule has 0 saturated carbocycles. The van der Waals surface area contributed by atoms with Crippen LogP contribution in [0.2, 0.25) is 0 Å². The van der Waals surface area contributed by atoms with Gasteiger partial charge in [0.2, 0.25) is 0 Å². The second kappa shape index (κ2) is 8.83. The molecule has 0 atom stereocenters. The molecule has 0 aliphatic heterocycles. The highest BCUT2D eigenvalue weighted by atomic mass is 32.2. The molecule has 4 aromatic carbocycles. The van der Waals surface area contributed by atoms with Gasteiger partial charge in [0.1, 0.15) is 28.7 Å². The normalized spacial score (nSPS) is 11.2. The van der Waals surface area contributed by atoms with Crippen molar-refractivity contribution in [2.24, 2.45) is 5.73 Å². The highest BCUT2D eigenvalue weighted by Gasteiger charge is 2.18. The van der Waals surface area contributed by atoms with Gasteiger partial charge in [0, 0.05) is 11.6 Å². The number of amidine groups is 1. The van der Waals surface area contributed by atoms with Crippen molar-refractivity contribution in [1.29, 1.82) is 5.41 Å². The van der Waals surface area contributed by atoms with Crippen molar-refractivity contribution in [3.8, 4) is 11.5 Å². The molecule has 0 unspecified atom stereocenters. The topological polar surface area (TPSA) is 143 Å². The van der Waals surface area contributed by atoms with E-state index in [-0.39, 0.29) is 27.7 Å². The van der Waals surface area contributed by atoms with Crippen molar-refractivity contribution in [1.82, 2.24) is 0 Å². The molecular formula is C24H18FN3O5S. The van der Waals surface area contributed by atoms with E-state index in [9.17, 15) is 22.7 Å². The van der Waals surface area contributed by atoms with E-state index in [1.54, 1.807) is 36.4 Å². The molecule has 0 heterocycles. The molecule has 5 N–H and O–H groups in total. The summed E-state index contributed by atoms with van der Waals surface area (Å²) in [5.41, 5.74) is 5.98. The number of carbonyl (C=O) groups is 1. The van der Waals surface area contributed by atoms with Crippen molar-refractivity contribution in [2.75, 3.05) is 4.72 Å². The largest absolute Gasteiger partial charge is 0.478 e. The fourth-order valence-corrected chi connectivity index (χ4v) is 4.31. The van der Waals surface area contributed by atoms with Gasteiger partial charge in [-0.2, -0.15) is 0 Å². The van der Waals surface area contributed by atoms with Crippen LogP contribution in [0, 0.1) is 11.2 Å². The Kier molecular flexibility index (Phi) is 5.91. The zero-order valence-corrected chi connectivity index (χ0v) is 18.3. The van der Waals surface area contributed by atoms with Crippen LogP contribution < -0.4 is 15.2 Å². The number of benzene rings is 4. The third kappa shape index (κ3) is 4.81. The van der Waals surface area contributed by atoms with Gasteiger partial charge in [0.15, 0.2) is 0 Å². The lowest BCUT2D eigenvalue weighted by atomic mass is 10.1. The number of carboxylic acid groups (broad SMARTS) is 1. The zero-order chi connectivity index (χ0) is 24.5. The average molecular weight is 479 g/mol. The van der Waals surface area contributed by atoms with Crippen LogP contribution >= 0.6 is 0 Å². The Hall–Kier alpha value is -4.44. The maximum absolute atomic E-state index is 13.1. The summed E-state index contributed by atoms with van der Waals surface area (Å²) in [5, 5.41) is 18.7. The average Bonchev–Trinajstić information content (AvgIpc) is 2.78. The summed E-state index contributed by atoms with van der Waals surface area (Å²) >= 11 is 0. The molecule has 0 radical (unpaired) electrons. The van der Waals surface area contributed by atoms with Crippen LogP contribution in [0.5, 0.6) is 11.5 Å². The number of rotatable bonds is 7. The summed E-state index contributed by atoms with van der Waals surface area (Å²) in [6, 6.07) is 18.3. The lowest BCUT2D eigenvalue weighted by molar-refractivity contribution is 0.0694. The van der Waals surface area contributed by atoms with Gasteiger partial charge in [-0.25, -0.2) is 17.6 Å². The molecule has 8 nitrogen and oxygen atoms in total. The SMILES string of the molecule is N=C(N)c1ccc2cc(Oc3cc(NS(=O)(=O)c4ccc(F)cc4)ccc3C(=O)O)ccc2c1. The van der Waals surface area contributed by atoms with Crippen molar-refractivity contribution < 1.29 is 27.4 Å². The molecule has 0 bridgehead atoms.